The topological polar surface area (TPSA) is 55.1 Å². The molecule has 1 amide bonds. The monoisotopic (exact) mass is 296 g/mol. The minimum Gasteiger partial charge on any atom is -0.349 e. The van der Waals surface area contributed by atoms with Crippen molar-refractivity contribution in [2.24, 2.45) is 11.7 Å². The van der Waals surface area contributed by atoms with Gasteiger partial charge in [-0.1, -0.05) is 26.3 Å². The lowest BCUT2D eigenvalue weighted by Crippen LogP contribution is -2.54. The molecule has 4 heteroatoms. The van der Waals surface area contributed by atoms with Gasteiger partial charge in [0.1, 0.15) is 0 Å². The summed E-state index contributed by atoms with van der Waals surface area (Å²) in [5, 5.41) is 5.20. The predicted octanol–water partition coefficient (Wildman–Crippen LogP) is 3.34. The number of hydrogen-bond acceptors (Lipinski definition) is 3. The van der Waals surface area contributed by atoms with E-state index in [1.807, 2.05) is 18.3 Å². The maximum Gasteiger partial charge on any atom is 0.220 e. The molecule has 114 valence electrons. The van der Waals surface area contributed by atoms with E-state index in [-0.39, 0.29) is 11.4 Å². The Morgan fingerprint density at radius 1 is 1.40 bits per heavy atom. The van der Waals surface area contributed by atoms with E-state index in [9.17, 15) is 4.79 Å². The number of thiophene rings is 1. The first kappa shape index (κ1) is 17.2. The Morgan fingerprint density at radius 3 is 2.70 bits per heavy atom. The van der Waals surface area contributed by atoms with Gasteiger partial charge in [-0.25, -0.2) is 0 Å². The van der Waals surface area contributed by atoms with E-state index >= 15 is 0 Å². The highest BCUT2D eigenvalue weighted by molar-refractivity contribution is 7.09. The molecule has 3 nitrogen and oxygen atoms in total. The van der Waals surface area contributed by atoms with Gasteiger partial charge in [0.15, 0.2) is 0 Å². The number of amides is 1. The minimum absolute atomic E-state index is 0.128. The second-order valence-electron chi connectivity index (χ2n) is 5.96. The second kappa shape index (κ2) is 8.42. The maximum atomic E-state index is 11.9. The Bertz CT molecular complexity index is 389. The number of hydrogen-bond donors (Lipinski definition) is 2. The molecule has 0 aliphatic rings. The molecule has 1 aromatic rings. The molecule has 0 bridgehead atoms. The van der Waals surface area contributed by atoms with Crippen LogP contribution >= 0.6 is 11.3 Å². The Hall–Kier alpha value is -0.870. The van der Waals surface area contributed by atoms with Crippen LogP contribution in [0.1, 0.15) is 51.3 Å². The standard InChI is InChI=1S/C16H28N2OS/c1-13(2)16(3,12-17)18-15(19)10-6-4-5-8-14-9-7-11-20-14/h7,9,11,13H,4-6,8,10,12,17H2,1-3H3,(H,18,19). The van der Waals surface area contributed by atoms with Crippen LogP contribution < -0.4 is 11.1 Å². The van der Waals surface area contributed by atoms with Gasteiger partial charge in [0.25, 0.3) is 0 Å². The lowest BCUT2D eigenvalue weighted by molar-refractivity contribution is -0.123. The fraction of sp³-hybridized carbons (Fsp3) is 0.688. The number of nitrogens with one attached hydrogen (secondary N) is 1. The molecule has 0 fully saturated rings. The molecule has 0 aliphatic heterocycles. The highest BCUT2D eigenvalue weighted by Crippen LogP contribution is 2.16. The van der Waals surface area contributed by atoms with Gasteiger partial charge in [0, 0.05) is 17.8 Å². The average Bonchev–Trinajstić information content (AvgIpc) is 2.91. The van der Waals surface area contributed by atoms with Crippen LogP contribution in [-0.2, 0) is 11.2 Å². The molecular weight excluding hydrogens is 268 g/mol. The number of carbonyl (C=O) groups is 1. The van der Waals surface area contributed by atoms with Crippen molar-refractivity contribution < 1.29 is 4.79 Å². The smallest absolute Gasteiger partial charge is 0.220 e. The number of carbonyl (C=O) groups excluding carboxylic acids is 1. The van der Waals surface area contributed by atoms with Crippen molar-refractivity contribution in [2.45, 2.75) is 58.4 Å². The Morgan fingerprint density at radius 2 is 2.15 bits per heavy atom. The fourth-order valence-electron chi connectivity index (χ4n) is 2.03. The van der Waals surface area contributed by atoms with Gasteiger partial charge in [-0.15, -0.1) is 11.3 Å². The minimum atomic E-state index is -0.284. The van der Waals surface area contributed by atoms with Crippen LogP contribution in [0.4, 0.5) is 0 Å². The molecule has 0 spiro atoms. The van der Waals surface area contributed by atoms with E-state index < -0.39 is 0 Å². The predicted molar refractivity (Wildman–Crippen MR) is 86.9 cm³/mol. The molecule has 1 heterocycles. The van der Waals surface area contributed by atoms with Crippen molar-refractivity contribution in [3.8, 4) is 0 Å². The van der Waals surface area contributed by atoms with Crippen LogP contribution in [0.5, 0.6) is 0 Å². The molecule has 0 saturated carbocycles. The van der Waals surface area contributed by atoms with Crippen molar-refractivity contribution in [1.29, 1.82) is 0 Å². The highest BCUT2D eigenvalue weighted by atomic mass is 32.1. The number of aryl methyl sites for hydroxylation is 1. The van der Waals surface area contributed by atoms with Gasteiger partial charge in [-0.05, 0) is 43.6 Å². The number of unbranched alkanes of at least 4 members (excludes halogenated alkanes) is 2. The fourth-order valence-corrected chi connectivity index (χ4v) is 2.78. The molecule has 3 N–H and O–H groups in total. The van der Waals surface area contributed by atoms with Crippen LogP contribution in [0.25, 0.3) is 0 Å². The molecule has 1 aromatic heterocycles. The third-order valence-corrected chi connectivity index (χ3v) is 4.97. The summed E-state index contributed by atoms with van der Waals surface area (Å²) in [5.74, 6) is 0.470. The Balaban J connectivity index is 2.16. The number of nitrogens with two attached hydrogens (primary N) is 1. The first-order valence-corrected chi connectivity index (χ1v) is 8.39. The molecule has 1 atom stereocenters. The van der Waals surface area contributed by atoms with Crippen LogP contribution in [0.15, 0.2) is 17.5 Å². The first-order valence-electron chi connectivity index (χ1n) is 7.51. The van der Waals surface area contributed by atoms with Crippen LogP contribution in [0.2, 0.25) is 0 Å². The van der Waals surface area contributed by atoms with E-state index in [4.69, 9.17) is 5.73 Å². The van der Waals surface area contributed by atoms with Gasteiger partial charge >= 0.3 is 0 Å². The van der Waals surface area contributed by atoms with E-state index in [0.29, 0.717) is 18.9 Å². The van der Waals surface area contributed by atoms with Crippen molar-refractivity contribution >= 4 is 17.2 Å². The van der Waals surface area contributed by atoms with Gasteiger partial charge in [0.05, 0.1) is 5.54 Å². The summed E-state index contributed by atoms with van der Waals surface area (Å²) in [6, 6.07) is 4.26. The lowest BCUT2D eigenvalue weighted by Gasteiger charge is -2.33. The molecule has 1 unspecified atom stereocenters. The van der Waals surface area contributed by atoms with E-state index in [2.05, 4.69) is 36.7 Å². The summed E-state index contributed by atoms with van der Waals surface area (Å²) in [6.45, 7) is 6.68. The molecule has 0 saturated heterocycles. The summed E-state index contributed by atoms with van der Waals surface area (Å²) in [6.07, 6.45) is 4.95. The summed E-state index contributed by atoms with van der Waals surface area (Å²) in [7, 11) is 0. The van der Waals surface area contributed by atoms with Crippen LogP contribution in [-0.4, -0.2) is 18.0 Å². The summed E-state index contributed by atoms with van der Waals surface area (Å²) < 4.78 is 0. The average molecular weight is 296 g/mol. The van der Waals surface area contributed by atoms with Crippen LogP contribution in [0, 0.1) is 5.92 Å². The van der Waals surface area contributed by atoms with Gasteiger partial charge < -0.3 is 11.1 Å². The SMILES string of the molecule is CC(C)C(C)(CN)NC(=O)CCCCCc1cccs1. The third-order valence-electron chi connectivity index (χ3n) is 4.03. The van der Waals surface area contributed by atoms with E-state index in [0.717, 1.165) is 25.7 Å². The Kier molecular flexibility index (Phi) is 7.24. The zero-order valence-corrected chi connectivity index (χ0v) is 13.8. The van der Waals surface area contributed by atoms with Crippen molar-refractivity contribution in [3.05, 3.63) is 22.4 Å². The molecule has 0 radical (unpaired) electrons. The summed E-state index contributed by atoms with van der Waals surface area (Å²) >= 11 is 1.81. The van der Waals surface area contributed by atoms with Gasteiger partial charge in [0.2, 0.25) is 5.91 Å². The number of rotatable bonds is 9. The third kappa shape index (κ3) is 5.63. The molecular formula is C16H28N2OS. The van der Waals surface area contributed by atoms with Crippen molar-refractivity contribution in [3.63, 3.8) is 0 Å². The van der Waals surface area contributed by atoms with Crippen LogP contribution in [0.3, 0.4) is 0 Å². The van der Waals surface area contributed by atoms with Gasteiger partial charge in [-0.3, -0.25) is 4.79 Å². The summed E-state index contributed by atoms with van der Waals surface area (Å²) in [5.41, 5.74) is 5.49. The van der Waals surface area contributed by atoms with Gasteiger partial charge in [-0.2, -0.15) is 0 Å². The normalized spacial score (nSPS) is 14.2. The largest absolute Gasteiger partial charge is 0.349 e. The lowest BCUT2D eigenvalue weighted by atomic mass is 9.88. The molecule has 0 aromatic carbocycles. The maximum absolute atomic E-state index is 11.9. The zero-order valence-electron chi connectivity index (χ0n) is 12.9. The molecule has 20 heavy (non-hydrogen) atoms. The van der Waals surface area contributed by atoms with E-state index in [1.54, 1.807) is 0 Å². The summed E-state index contributed by atoms with van der Waals surface area (Å²) in [4.78, 5) is 13.4. The molecule has 1 rings (SSSR count). The van der Waals surface area contributed by atoms with Crippen molar-refractivity contribution in [2.75, 3.05) is 6.54 Å². The highest BCUT2D eigenvalue weighted by Gasteiger charge is 2.27. The zero-order chi connectivity index (χ0) is 15.0. The second-order valence-corrected chi connectivity index (χ2v) is 7.00. The quantitative estimate of drug-likeness (QED) is 0.687. The molecule has 0 aliphatic carbocycles. The first-order chi connectivity index (χ1) is 9.48. The van der Waals surface area contributed by atoms with Crippen molar-refractivity contribution in [1.82, 2.24) is 5.32 Å². The Labute approximate surface area is 127 Å². The van der Waals surface area contributed by atoms with E-state index in [1.165, 1.54) is 4.88 Å².